The highest BCUT2D eigenvalue weighted by molar-refractivity contribution is 7.70. The topological polar surface area (TPSA) is 53.5 Å². The van der Waals surface area contributed by atoms with Crippen molar-refractivity contribution >= 4 is 41.3 Å². The smallest absolute Gasteiger partial charge is 0.151 e. The van der Waals surface area contributed by atoms with Gasteiger partial charge in [0, 0.05) is 16.7 Å². The number of aliphatic imine (C=N–C) groups is 1. The van der Waals surface area contributed by atoms with Gasteiger partial charge < -0.3 is 15.2 Å². The lowest BCUT2D eigenvalue weighted by Crippen LogP contribution is -2.14. The van der Waals surface area contributed by atoms with Crippen LogP contribution in [0.4, 0.5) is 11.4 Å². The molecule has 0 unspecified atom stereocenters. The van der Waals surface area contributed by atoms with Gasteiger partial charge in [0.1, 0.15) is 13.0 Å². The number of nitrogens with zero attached hydrogens (tertiary/aromatic N) is 1. The van der Waals surface area contributed by atoms with Crippen molar-refractivity contribution < 1.29 is 4.57 Å². The number of nitrogens with one attached hydrogen (secondary N) is 2. The van der Waals surface area contributed by atoms with Crippen LogP contribution in [0.3, 0.4) is 0 Å². The molecule has 6 heteroatoms. The first kappa shape index (κ1) is 20.0. The number of hydrogen-bond donors (Lipinski definition) is 2. The first-order valence-electron chi connectivity index (χ1n) is 8.14. The Morgan fingerprint density at radius 1 is 1.04 bits per heavy atom. The number of rotatable bonds is 6. The van der Waals surface area contributed by atoms with E-state index in [0.29, 0.717) is 16.7 Å². The van der Waals surface area contributed by atoms with Crippen LogP contribution in [0.25, 0.3) is 0 Å². The van der Waals surface area contributed by atoms with Gasteiger partial charge in [-0.25, -0.2) is 4.99 Å². The summed E-state index contributed by atoms with van der Waals surface area (Å²) in [5, 5.41) is 7.63. The fourth-order valence-corrected chi connectivity index (χ4v) is 3.13. The maximum absolute atomic E-state index is 12.1. The van der Waals surface area contributed by atoms with Crippen LogP contribution in [-0.4, -0.2) is 19.2 Å². The second-order valence-electron chi connectivity index (χ2n) is 6.06. The van der Waals surface area contributed by atoms with Crippen LogP contribution < -0.4 is 15.9 Å². The standard InChI is InChI=1S/C20H23ClN3OP/c1-5-19(21)20(24-16-9-7-6-8-10-16)23-15(2)22-17-11-13-18(14-12-17)26(3,4)25/h5-14,22H,2H2,1,3-4H3,(H,23,24)/b19-5+. The summed E-state index contributed by atoms with van der Waals surface area (Å²) in [4.78, 5) is 4.45. The SMILES string of the molecule is C=C(/N=C(Nc1ccccc1)\C(Cl)=C/C)Nc1ccc(P(C)(C)=O)cc1. The van der Waals surface area contributed by atoms with Gasteiger partial charge in [-0.2, -0.15) is 0 Å². The Bertz CT molecular complexity index is 868. The summed E-state index contributed by atoms with van der Waals surface area (Å²) in [5.41, 5.74) is 1.69. The minimum atomic E-state index is -2.26. The number of para-hydroxylation sites is 1. The largest absolute Gasteiger partial charge is 0.341 e. The number of anilines is 2. The van der Waals surface area contributed by atoms with Crippen molar-refractivity contribution in [2.75, 3.05) is 24.0 Å². The molecule has 2 N–H and O–H groups in total. The third-order valence-corrected chi connectivity index (χ3v) is 5.48. The third kappa shape index (κ3) is 5.91. The van der Waals surface area contributed by atoms with E-state index < -0.39 is 7.14 Å². The van der Waals surface area contributed by atoms with E-state index in [1.54, 1.807) is 19.4 Å². The van der Waals surface area contributed by atoms with Crippen molar-refractivity contribution in [2.24, 2.45) is 4.99 Å². The zero-order valence-electron chi connectivity index (χ0n) is 15.2. The van der Waals surface area contributed by atoms with Gasteiger partial charge in [0.05, 0.1) is 5.03 Å². The van der Waals surface area contributed by atoms with E-state index in [9.17, 15) is 4.57 Å². The Balaban J connectivity index is 2.16. The lowest BCUT2D eigenvalue weighted by atomic mass is 10.3. The van der Waals surface area contributed by atoms with Crippen molar-refractivity contribution in [3.63, 3.8) is 0 Å². The molecule has 0 saturated carbocycles. The summed E-state index contributed by atoms with van der Waals surface area (Å²) in [6, 6.07) is 17.1. The van der Waals surface area contributed by atoms with Crippen molar-refractivity contribution in [1.29, 1.82) is 0 Å². The molecule has 0 bridgehead atoms. The average molecular weight is 388 g/mol. The lowest BCUT2D eigenvalue weighted by molar-refractivity contribution is 0.588. The number of allylic oxidation sites excluding steroid dienone is 1. The molecule has 26 heavy (non-hydrogen) atoms. The van der Waals surface area contributed by atoms with Crippen LogP contribution in [0.5, 0.6) is 0 Å². The molecular formula is C20H23ClN3OP. The minimum absolute atomic E-state index is 0.437. The van der Waals surface area contributed by atoms with Gasteiger partial charge >= 0.3 is 0 Å². The van der Waals surface area contributed by atoms with Gasteiger partial charge in [-0.05, 0) is 56.7 Å². The molecule has 0 atom stereocenters. The van der Waals surface area contributed by atoms with E-state index >= 15 is 0 Å². The second-order valence-corrected chi connectivity index (χ2v) is 9.68. The molecule has 0 amide bonds. The van der Waals surface area contributed by atoms with E-state index in [4.69, 9.17) is 11.6 Å². The van der Waals surface area contributed by atoms with E-state index in [1.165, 1.54) is 0 Å². The van der Waals surface area contributed by atoms with Gasteiger partial charge in [-0.1, -0.05) is 42.5 Å². The van der Waals surface area contributed by atoms with Crippen LogP contribution >= 0.6 is 18.7 Å². The molecule has 0 aliphatic carbocycles. The molecule has 2 aromatic rings. The van der Waals surface area contributed by atoms with Gasteiger partial charge in [0.2, 0.25) is 0 Å². The molecule has 0 spiro atoms. The number of hydrogen-bond acceptors (Lipinski definition) is 3. The average Bonchev–Trinajstić information content (AvgIpc) is 2.61. The highest BCUT2D eigenvalue weighted by Crippen LogP contribution is 2.34. The molecule has 0 fully saturated rings. The van der Waals surface area contributed by atoms with Crippen molar-refractivity contribution in [3.05, 3.63) is 78.1 Å². The molecule has 2 aromatic carbocycles. The van der Waals surface area contributed by atoms with Crippen molar-refractivity contribution in [1.82, 2.24) is 0 Å². The van der Waals surface area contributed by atoms with Crippen molar-refractivity contribution in [2.45, 2.75) is 6.92 Å². The Kier molecular flexibility index (Phi) is 6.84. The molecule has 136 valence electrons. The Morgan fingerprint density at radius 3 is 2.15 bits per heavy atom. The van der Waals surface area contributed by atoms with E-state index in [-0.39, 0.29) is 0 Å². The molecule has 4 nitrogen and oxygen atoms in total. The maximum Gasteiger partial charge on any atom is 0.151 e. The minimum Gasteiger partial charge on any atom is -0.341 e. The quantitative estimate of drug-likeness (QED) is 0.392. The van der Waals surface area contributed by atoms with Crippen LogP contribution in [0.2, 0.25) is 0 Å². The van der Waals surface area contributed by atoms with Crippen LogP contribution in [0, 0.1) is 0 Å². The van der Waals surface area contributed by atoms with Gasteiger partial charge in [0.15, 0.2) is 5.84 Å². The Hall–Kier alpha value is -2.29. The maximum atomic E-state index is 12.1. The third-order valence-electron chi connectivity index (χ3n) is 3.54. The molecular weight excluding hydrogens is 365 g/mol. The highest BCUT2D eigenvalue weighted by Gasteiger charge is 2.10. The molecule has 2 rings (SSSR count). The normalized spacial score (nSPS) is 12.6. The predicted octanol–water partition coefficient (Wildman–Crippen LogP) is 5.47. The van der Waals surface area contributed by atoms with E-state index in [2.05, 4.69) is 22.2 Å². The fraction of sp³-hybridized carbons (Fsp3) is 0.150. The Morgan fingerprint density at radius 2 is 1.62 bits per heavy atom. The first-order valence-corrected chi connectivity index (χ1v) is 11.1. The molecule has 0 heterocycles. The van der Waals surface area contributed by atoms with Crippen LogP contribution in [0.15, 0.2) is 83.1 Å². The summed E-state index contributed by atoms with van der Waals surface area (Å²) in [6.45, 7) is 9.28. The number of halogens is 1. The van der Waals surface area contributed by atoms with Gasteiger partial charge in [-0.15, -0.1) is 0 Å². The fourth-order valence-electron chi connectivity index (χ4n) is 2.17. The zero-order chi connectivity index (χ0) is 19.2. The molecule has 0 radical (unpaired) electrons. The first-order chi connectivity index (χ1) is 12.3. The molecule has 0 saturated heterocycles. The second kappa shape index (κ2) is 8.88. The molecule has 0 aromatic heterocycles. The van der Waals surface area contributed by atoms with Crippen LogP contribution in [-0.2, 0) is 4.57 Å². The summed E-state index contributed by atoms with van der Waals surface area (Å²) in [6.07, 6.45) is 1.76. The Labute approximate surface area is 160 Å². The van der Waals surface area contributed by atoms with Gasteiger partial charge in [-0.3, -0.25) is 0 Å². The number of amidine groups is 1. The molecule has 0 aliphatic heterocycles. The highest BCUT2D eigenvalue weighted by atomic mass is 35.5. The van der Waals surface area contributed by atoms with E-state index in [1.807, 2.05) is 61.5 Å². The molecule has 0 aliphatic rings. The summed E-state index contributed by atoms with van der Waals surface area (Å²) >= 11 is 6.27. The number of benzene rings is 2. The zero-order valence-corrected chi connectivity index (χ0v) is 16.8. The predicted molar refractivity (Wildman–Crippen MR) is 115 cm³/mol. The monoisotopic (exact) mass is 387 g/mol. The summed E-state index contributed by atoms with van der Waals surface area (Å²) < 4.78 is 12.1. The summed E-state index contributed by atoms with van der Waals surface area (Å²) in [7, 11) is -2.26. The lowest BCUT2D eigenvalue weighted by Gasteiger charge is -2.12. The summed E-state index contributed by atoms with van der Waals surface area (Å²) in [5.74, 6) is 0.938. The van der Waals surface area contributed by atoms with Crippen molar-refractivity contribution in [3.8, 4) is 0 Å². The van der Waals surface area contributed by atoms with E-state index in [0.717, 1.165) is 16.7 Å². The van der Waals surface area contributed by atoms with Crippen LogP contribution in [0.1, 0.15) is 6.92 Å². The van der Waals surface area contributed by atoms with Gasteiger partial charge in [0.25, 0.3) is 0 Å².